The zero-order chi connectivity index (χ0) is 14.1. The van der Waals surface area contributed by atoms with Crippen molar-refractivity contribution in [3.63, 3.8) is 0 Å². The summed E-state index contributed by atoms with van der Waals surface area (Å²) in [6.07, 6.45) is -1.79. The lowest BCUT2D eigenvalue weighted by Gasteiger charge is -2.16. The Morgan fingerprint density at radius 3 is 2.37 bits per heavy atom. The molecule has 0 saturated heterocycles. The first kappa shape index (κ1) is 15.6. The third kappa shape index (κ3) is 5.80. The van der Waals surface area contributed by atoms with Gasteiger partial charge in [0.2, 0.25) is 0 Å². The van der Waals surface area contributed by atoms with E-state index in [1.807, 2.05) is 0 Å². The zero-order valence-corrected chi connectivity index (χ0v) is 10.4. The number of ether oxygens (including phenoxy) is 2. The Morgan fingerprint density at radius 2 is 1.79 bits per heavy atom. The minimum Gasteiger partial charge on any atom is -0.454 e. The third-order valence-corrected chi connectivity index (χ3v) is 2.31. The van der Waals surface area contributed by atoms with Gasteiger partial charge in [0.15, 0.2) is 0 Å². The summed E-state index contributed by atoms with van der Waals surface area (Å²) in [4.78, 5) is 11.7. The molecule has 0 radical (unpaired) electrons. The van der Waals surface area contributed by atoms with E-state index >= 15 is 0 Å². The first-order valence-electron chi connectivity index (χ1n) is 5.91. The van der Waals surface area contributed by atoms with Crippen molar-refractivity contribution < 1.29 is 29.6 Å². The lowest BCUT2D eigenvalue weighted by Crippen LogP contribution is -2.29. The highest BCUT2D eigenvalue weighted by molar-refractivity contribution is 5.89. The summed E-state index contributed by atoms with van der Waals surface area (Å²) >= 11 is 0. The molecule has 6 nitrogen and oxygen atoms in total. The lowest BCUT2D eigenvalue weighted by molar-refractivity contribution is -0.0483. The van der Waals surface area contributed by atoms with Gasteiger partial charge in [-0.3, -0.25) is 0 Å². The van der Waals surface area contributed by atoms with Gasteiger partial charge in [0, 0.05) is 0 Å². The van der Waals surface area contributed by atoms with Crippen molar-refractivity contribution in [2.75, 3.05) is 26.4 Å². The predicted octanol–water partition coefficient (Wildman–Crippen LogP) is -0.426. The van der Waals surface area contributed by atoms with E-state index in [0.29, 0.717) is 5.56 Å². The van der Waals surface area contributed by atoms with Crippen molar-refractivity contribution in [3.8, 4) is 0 Å². The van der Waals surface area contributed by atoms with E-state index in [0.717, 1.165) is 0 Å². The Balaban J connectivity index is 2.38. The molecule has 0 amide bonds. The molecule has 106 valence electrons. The summed E-state index contributed by atoms with van der Waals surface area (Å²) in [5, 5.41) is 26.7. The maximum absolute atomic E-state index is 11.7. The number of hydrogen-bond acceptors (Lipinski definition) is 6. The molecular weight excluding hydrogens is 252 g/mol. The van der Waals surface area contributed by atoms with Crippen LogP contribution < -0.4 is 0 Å². The van der Waals surface area contributed by atoms with Crippen LogP contribution in [0.5, 0.6) is 0 Å². The van der Waals surface area contributed by atoms with E-state index in [-0.39, 0.29) is 19.8 Å². The Labute approximate surface area is 111 Å². The van der Waals surface area contributed by atoms with Gasteiger partial charge in [-0.1, -0.05) is 18.2 Å². The van der Waals surface area contributed by atoms with Crippen molar-refractivity contribution >= 4 is 5.97 Å². The molecule has 2 unspecified atom stereocenters. The van der Waals surface area contributed by atoms with Crippen molar-refractivity contribution in [3.05, 3.63) is 35.9 Å². The monoisotopic (exact) mass is 270 g/mol. The van der Waals surface area contributed by atoms with Crippen LogP contribution in [0.25, 0.3) is 0 Å². The molecule has 0 bridgehead atoms. The van der Waals surface area contributed by atoms with Crippen LogP contribution in [0.15, 0.2) is 30.3 Å². The van der Waals surface area contributed by atoms with Gasteiger partial charge < -0.3 is 24.8 Å². The fourth-order valence-electron chi connectivity index (χ4n) is 1.31. The molecule has 0 saturated carbocycles. The molecule has 1 aromatic carbocycles. The van der Waals surface area contributed by atoms with E-state index in [4.69, 9.17) is 24.8 Å². The number of carbonyl (C=O) groups excluding carboxylic acids is 1. The summed E-state index contributed by atoms with van der Waals surface area (Å²) in [7, 11) is 0. The van der Waals surface area contributed by atoms with Crippen LogP contribution in [0.1, 0.15) is 10.4 Å². The van der Waals surface area contributed by atoms with Crippen LogP contribution in [0.4, 0.5) is 0 Å². The molecule has 1 rings (SSSR count). The molecule has 0 spiro atoms. The SMILES string of the molecule is O=C(OC(CO)COCC(O)CO)c1ccccc1. The average Bonchev–Trinajstić information content (AvgIpc) is 2.46. The van der Waals surface area contributed by atoms with E-state index in [1.54, 1.807) is 30.3 Å². The maximum atomic E-state index is 11.7. The van der Waals surface area contributed by atoms with Crippen molar-refractivity contribution in [1.29, 1.82) is 0 Å². The van der Waals surface area contributed by atoms with Gasteiger partial charge in [-0.2, -0.15) is 0 Å². The van der Waals surface area contributed by atoms with E-state index in [9.17, 15) is 4.79 Å². The summed E-state index contributed by atoms with van der Waals surface area (Å²) in [6, 6.07) is 8.40. The predicted molar refractivity (Wildman–Crippen MR) is 66.6 cm³/mol. The van der Waals surface area contributed by atoms with Gasteiger partial charge in [-0.15, -0.1) is 0 Å². The van der Waals surface area contributed by atoms with Crippen molar-refractivity contribution in [2.24, 2.45) is 0 Å². The number of rotatable bonds is 8. The fourth-order valence-corrected chi connectivity index (χ4v) is 1.31. The summed E-state index contributed by atoms with van der Waals surface area (Å²) in [5.74, 6) is -0.550. The number of hydrogen-bond donors (Lipinski definition) is 3. The largest absolute Gasteiger partial charge is 0.454 e. The highest BCUT2D eigenvalue weighted by Gasteiger charge is 2.15. The van der Waals surface area contributed by atoms with E-state index in [2.05, 4.69) is 0 Å². The molecule has 2 atom stereocenters. The van der Waals surface area contributed by atoms with Crippen LogP contribution >= 0.6 is 0 Å². The molecule has 0 aliphatic carbocycles. The average molecular weight is 270 g/mol. The molecule has 1 aromatic rings. The number of esters is 1. The molecule has 0 fully saturated rings. The Hall–Kier alpha value is -1.47. The minimum atomic E-state index is -0.982. The lowest BCUT2D eigenvalue weighted by atomic mass is 10.2. The topological polar surface area (TPSA) is 96.2 Å². The number of aliphatic hydroxyl groups is 3. The zero-order valence-electron chi connectivity index (χ0n) is 10.4. The van der Waals surface area contributed by atoms with E-state index in [1.165, 1.54) is 0 Å². The summed E-state index contributed by atoms with van der Waals surface area (Å²) in [6.45, 7) is -0.927. The quantitative estimate of drug-likeness (QED) is 0.555. The molecule has 19 heavy (non-hydrogen) atoms. The first-order valence-corrected chi connectivity index (χ1v) is 5.91. The van der Waals surface area contributed by atoms with Gasteiger partial charge in [-0.05, 0) is 12.1 Å². The van der Waals surface area contributed by atoms with Gasteiger partial charge in [0.05, 0.1) is 32.0 Å². The Bertz CT molecular complexity index is 367. The molecule has 6 heteroatoms. The second kappa shape index (κ2) is 8.60. The molecule has 0 aliphatic rings. The first-order chi connectivity index (χ1) is 9.17. The summed E-state index contributed by atoms with van der Waals surface area (Å²) < 4.78 is 10.1. The number of aliphatic hydroxyl groups excluding tert-OH is 3. The highest BCUT2D eigenvalue weighted by atomic mass is 16.6. The standard InChI is InChI=1S/C13H18O6/c14-6-11(16)8-18-9-12(7-15)19-13(17)10-4-2-1-3-5-10/h1-5,11-12,14-16H,6-9H2. The molecule has 0 aromatic heterocycles. The normalized spacial score (nSPS) is 13.8. The van der Waals surface area contributed by atoms with E-state index < -0.39 is 24.8 Å². The number of benzene rings is 1. The van der Waals surface area contributed by atoms with Crippen LogP contribution in [0, 0.1) is 0 Å². The van der Waals surface area contributed by atoms with Crippen LogP contribution in [-0.4, -0.2) is 59.9 Å². The molecular formula is C13H18O6. The maximum Gasteiger partial charge on any atom is 0.338 e. The van der Waals surface area contributed by atoms with Gasteiger partial charge in [-0.25, -0.2) is 4.79 Å². The van der Waals surface area contributed by atoms with Gasteiger partial charge >= 0.3 is 5.97 Å². The summed E-state index contributed by atoms with van der Waals surface area (Å²) in [5.41, 5.74) is 0.386. The Morgan fingerprint density at radius 1 is 1.11 bits per heavy atom. The highest BCUT2D eigenvalue weighted by Crippen LogP contribution is 2.04. The molecule has 0 aliphatic heterocycles. The second-order valence-corrected chi connectivity index (χ2v) is 3.95. The molecule has 3 N–H and O–H groups in total. The van der Waals surface area contributed by atoms with Crippen LogP contribution in [0.2, 0.25) is 0 Å². The van der Waals surface area contributed by atoms with Gasteiger partial charge in [0.1, 0.15) is 12.2 Å². The fraction of sp³-hybridized carbons (Fsp3) is 0.462. The Kier molecular flexibility index (Phi) is 7.06. The number of carbonyl (C=O) groups is 1. The third-order valence-electron chi connectivity index (χ3n) is 2.31. The van der Waals surface area contributed by atoms with Gasteiger partial charge in [0.25, 0.3) is 0 Å². The smallest absolute Gasteiger partial charge is 0.338 e. The van der Waals surface area contributed by atoms with Crippen molar-refractivity contribution in [1.82, 2.24) is 0 Å². The van der Waals surface area contributed by atoms with Crippen molar-refractivity contribution in [2.45, 2.75) is 12.2 Å². The molecule has 0 heterocycles. The second-order valence-electron chi connectivity index (χ2n) is 3.95. The van der Waals surface area contributed by atoms with Crippen LogP contribution in [-0.2, 0) is 9.47 Å². The van der Waals surface area contributed by atoms with Crippen LogP contribution in [0.3, 0.4) is 0 Å². The minimum absolute atomic E-state index is 0.0495.